The van der Waals surface area contributed by atoms with Crippen molar-refractivity contribution in [2.45, 2.75) is 64.5 Å². The van der Waals surface area contributed by atoms with E-state index in [1.165, 1.54) is 35.1 Å². The maximum absolute atomic E-state index is 6.76. The second-order valence-electron chi connectivity index (χ2n) is 9.56. The molecule has 0 unspecified atom stereocenters. The van der Waals surface area contributed by atoms with Crippen LogP contribution in [0.3, 0.4) is 0 Å². The molecule has 2 fully saturated rings. The molecule has 22 heavy (non-hydrogen) atoms. The van der Waals surface area contributed by atoms with Crippen molar-refractivity contribution >= 4 is 0 Å². The van der Waals surface area contributed by atoms with Crippen LogP contribution in [0.2, 0.25) is 0 Å². The summed E-state index contributed by atoms with van der Waals surface area (Å²) in [5.74, 6) is 2.65. The van der Waals surface area contributed by atoms with Gasteiger partial charge in [-0.2, -0.15) is 0 Å². The molecule has 2 saturated carbocycles. The van der Waals surface area contributed by atoms with E-state index in [4.69, 9.17) is 11.5 Å². The van der Waals surface area contributed by atoms with Crippen molar-refractivity contribution in [3.63, 3.8) is 0 Å². The van der Waals surface area contributed by atoms with Crippen LogP contribution in [-0.2, 0) is 0 Å². The normalized spacial score (nSPS) is 45.2. The lowest BCUT2D eigenvalue weighted by molar-refractivity contribution is -0.0164. The highest BCUT2D eigenvalue weighted by atomic mass is 14.8. The van der Waals surface area contributed by atoms with E-state index in [0.29, 0.717) is 34.5 Å². The van der Waals surface area contributed by atoms with Crippen LogP contribution in [0.5, 0.6) is 0 Å². The molecule has 0 saturated heterocycles. The highest BCUT2D eigenvalue weighted by molar-refractivity contribution is 5.56. The van der Waals surface area contributed by atoms with Gasteiger partial charge in [-0.1, -0.05) is 39.8 Å². The summed E-state index contributed by atoms with van der Waals surface area (Å²) < 4.78 is 0. The molecular formula is C20H28N2. The zero-order chi connectivity index (χ0) is 15.6. The molecule has 2 heteroatoms. The third-order valence-electron chi connectivity index (χ3n) is 8.33. The Morgan fingerprint density at radius 2 is 1.14 bits per heavy atom. The molecule has 0 aliphatic heterocycles. The number of rotatable bonds is 0. The Labute approximate surface area is 133 Å². The van der Waals surface area contributed by atoms with Gasteiger partial charge in [0.1, 0.15) is 0 Å². The van der Waals surface area contributed by atoms with Gasteiger partial charge in [0.25, 0.3) is 0 Å². The first-order valence-electron chi connectivity index (χ1n) is 8.94. The molecule has 1 aromatic rings. The molecule has 2 nitrogen and oxygen atoms in total. The zero-order valence-corrected chi connectivity index (χ0v) is 14.2. The fraction of sp³-hybridized carbons (Fsp3) is 0.700. The van der Waals surface area contributed by atoms with Gasteiger partial charge in [-0.05, 0) is 69.6 Å². The monoisotopic (exact) mass is 296 g/mol. The highest BCUT2D eigenvalue weighted by Gasteiger charge is 2.60. The largest absolute Gasteiger partial charge is 0.324 e. The lowest BCUT2D eigenvalue weighted by Crippen LogP contribution is -2.56. The zero-order valence-electron chi connectivity index (χ0n) is 14.2. The molecule has 0 radical (unpaired) electrons. The Kier molecular flexibility index (Phi) is 2.23. The summed E-state index contributed by atoms with van der Waals surface area (Å²) in [6, 6.07) is 5.18. The van der Waals surface area contributed by atoms with Crippen molar-refractivity contribution in [3.05, 3.63) is 34.4 Å². The Balaban J connectivity index is 1.74. The van der Waals surface area contributed by atoms with Gasteiger partial charge in [0.15, 0.2) is 0 Å². The van der Waals surface area contributed by atoms with Gasteiger partial charge < -0.3 is 11.5 Å². The van der Waals surface area contributed by atoms with Crippen LogP contribution in [0, 0.1) is 22.7 Å². The van der Waals surface area contributed by atoms with Gasteiger partial charge >= 0.3 is 0 Å². The van der Waals surface area contributed by atoms with E-state index in [1.54, 1.807) is 0 Å². The van der Waals surface area contributed by atoms with Gasteiger partial charge in [0, 0.05) is 12.1 Å². The molecule has 0 amide bonds. The van der Waals surface area contributed by atoms with Crippen molar-refractivity contribution in [2.75, 3.05) is 0 Å². The van der Waals surface area contributed by atoms with Crippen LogP contribution in [0.4, 0.5) is 0 Å². The first-order valence-corrected chi connectivity index (χ1v) is 8.94. The van der Waals surface area contributed by atoms with Crippen molar-refractivity contribution in [3.8, 4) is 0 Å². The molecule has 1 aromatic carbocycles. The summed E-state index contributed by atoms with van der Waals surface area (Å²) in [6.07, 6.45) is 2.54. The average Bonchev–Trinajstić information content (AvgIpc) is 2.45. The van der Waals surface area contributed by atoms with Gasteiger partial charge in [-0.25, -0.2) is 0 Å². The summed E-state index contributed by atoms with van der Waals surface area (Å²) in [6.45, 7) is 9.59. The molecule has 0 spiro atoms. The Hall–Kier alpha value is -0.860. The smallest absolute Gasteiger partial charge is 0.0335 e. The fourth-order valence-corrected chi connectivity index (χ4v) is 6.62. The molecule has 4 N–H and O–H groups in total. The van der Waals surface area contributed by atoms with E-state index in [0.717, 1.165) is 0 Å². The summed E-state index contributed by atoms with van der Waals surface area (Å²) in [5, 5.41) is 0. The van der Waals surface area contributed by atoms with E-state index in [9.17, 15) is 0 Å². The Morgan fingerprint density at radius 1 is 0.773 bits per heavy atom. The minimum absolute atomic E-state index is 0.191. The highest BCUT2D eigenvalue weighted by Crippen LogP contribution is 2.70. The van der Waals surface area contributed by atoms with Crippen LogP contribution < -0.4 is 11.5 Å². The first-order chi connectivity index (χ1) is 10.3. The van der Waals surface area contributed by atoms with Gasteiger partial charge in [0.05, 0.1) is 0 Å². The van der Waals surface area contributed by atoms with Crippen LogP contribution in [-0.4, -0.2) is 0 Å². The molecular weight excluding hydrogens is 268 g/mol. The lowest BCUT2D eigenvalue weighted by atomic mass is 9.42. The van der Waals surface area contributed by atoms with Crippen LogP contribution in [0.15, 0.2) is 12.1 Å². The third kappa shape index (κ3) is 1.21. The van der Waals surface area contributed by atoms with Crippen molar-refractivity contribution in [1.82, 2.24) is 0 Å². The van der Waals surface area contributed by atoms with E-state index in [2.05, 4.69) is 39.8 Å². The maximum Gasteiger partial charge on any atom is 0.0335 e. The topological polar surface area (TPSA) is 52.0 Å². The minimum Gasteiger partial charge on any atom is -0.324 e. The summed E-state index contributed by atoms with van der Waals surface area (Å²) in [5.41, 5.74) is 20.2. The maximum atomic E-state index is 6.76. The molecule has 6 aliphatic rings. The molecule has 6 atom stereocenters. The molecule has 118 valence electrons. The van der Waals surface area contributed by atoms with Crippen LogP contribution >= 0.6 is 0 Å². The van der Waals surface area contributed by atoms with E-state index in [1.807, 2.05) is 0 Å². The minimum atomic E-state index is 0.191. The number of nitrogens with two attached hydrogens (primary N) is 2. The quantitative estimate of drug-likeness (QED) is 0.761. The number of benzene rings is 1. The standard InChI is InChI=1S/C20H28N2/c1-19(2)11-7-13(19)17(21)15-9(11)5-6-10-12-8-14(20(12,3)4)18(22)16(10)15/h5-6,11-14,17-18H,7-8,21-22H2,1-4H3/t11-,12-,13+,14+,17+,18+/m1/s1. The average molecular weight is 296 g/mol. The fourth-order valence-electron chi connectivity index (χ4n) is 6.62. The van der Waals surface area contributed by atoms with E-state index < -0.39 is 0 Å². The molecule has 0 aromatic heterocycles. The summed E-state index contributed by atoms with van der Waals surface area (Å²) in [7, 11) is 0. The molecule has 6 aliphatic carbocycles. The van der Waals surface area contributed by atoms with Crippen LogP contribution in [0.1, 0.15) is 86.7 Å². The number of hydrogen-bond acceptors (Lipinski definition) is 2. The van der Waals surface area contributed by atoms with Gasteiger partial charge in [-0.15, -0.1) is 0 Å². The third-order valence-corrected chi connectivity index (χ3v) is 8.33. The SMILES string of the molecule is CC1(C)[C@@H]2C[C@H]1[C@H](N)c1c2ccc2c1[C@@H](N)[C@@H]1C[C@H]2C1(C)C. The van der Waals surface area contributed by atoms with Crippen LogP contribution in [0.25, 0.3) is 0 Å². The predicted octanol–water partition coefficient (Wildman–Crippen LogP) is 3.97. The van der Waals surface area contributed by atoms with E-state index in [-0.39, 0.29) is 12.1 Å². The van der Waals surface area contributed by atoms with Crippen molar-refractivity contribution < 1.29 is 0 Å². The second-order valence-corrected chi connectivity index (χ2v) is 9.56. The van der Waals surface area contributed by atoms with E-state index >= 15 is 0 Å². The Morgan fingerprint density at radius 3 is 1.45 bits per heavy atom. The summed E-state index contributed by atoms with van der Waals surface area (Å²) >= 11 is 0. The summed E-state index contributed by atoms with van der Waals surface area (Å²) in [4.78, 5) is 0. The van der Waals surface area contributed by atoms with Gasteiger partial charge in [0.2, 0.25) is 0 Å². The Bertz CT molecular complexity index is 628. The van der Waals surface area contributed by atoms with Gasteiger partial charge in [-0.3, -0.25) is 0 Å². The second kappa shape index (κ2) is 3.62. The molecule has 0 heterocycles. The lowest BCUT2D eigenvalue weighted by Gasteiger charge is -2.64. The predicted molar refractivity (Wildman–Crippen MR) is 89.6 cm³/mol. The van der Waals surface area contributed by atoms with Crippen molar-refractivity contribution in [1.29, 1.82) is 0 Å². The number of hydrogen-bond donors (Lipinski definition) is 2. The first kappa shape index (κ1) is 13.6. The molecule has 7 rings (SSSR count). The molecule has 4 bridgehead atoms. The van der Waals surface area contributed by atoms with Crippen molar-refractivity contribution in [2.24, 2.45) is 34.1 Å².